The molecule has 6 nitrogen and oxygen atoms in total. The highest BCUT2D eigenvalue weighted by atomic mass is 35.5. The monoisotopic (exact) mass is 391 g/mol. The predicted molar refractivity (Wildman–Crippen MR) is 100 cm³/mol. The zero-order valence-electron chi connectivity index (χ0n) is 13.6. The van der Waals surface area contributed by atoms with Crippen LogP contribution in [-0.4, -0.2) is 38.7 Å². The van der Waals surface area contributed by atoms with Crippen molar-refractivity contribution in [2.24, 2.45) is 5.73 Å². The molecule has 2 N–H and O–H groups in total. The van der Waals surface area contributed by atoms with Gasteiger partial charge in [-0.3, -0.25) is 9.48 Å². The first-order valence-electron chi connectivity index (χ1n) is 7.67. The average Bonchev–Trinajstić information content (AvgIpc) is 3.23. The number of aryl methyl sites for hydroxylation is 1. The van der Waals surface area contributed by atoms with Gasteiger partial charge in [0.2, 0.25) is 0 Å². The summed E-state index contributed by atoms with van der Waals surface area (Å²) in [5.41, 5.74) is 7.37. The molecule has 1 amide bonds. The van der Waals surface area contributed by atoms with Crippen molar-refractivity contribution in [1.29, 1.82) is 0 Å². The Bertz CT molecular complexity index is 652. The molecule has 1 aliphatic rings. The Hall–Kier alpha value is -1.15. The van der Waals surface area contributed by atoms with E-state index in [2.05, 4.69) is 23.2 Å². The van der Waals surface area contributed by atoms with Crippen LogP contribution in [0.2, 0.25) is 0 Å². The molecule has 0 spiro atoms. The van der Waals surface area contributed by atoms with Crippen LogP contribution in [0, 0.1) is 0 Å². The number of hydrogen-bond acceptors (Lipinski definition) is 5. The van der Waals surface area contributed by atoms with Crippen molar-refractivity contribution in [1.82, 2.24) is 19.7 Å². The van der Waals surface area contributed by atoms with E-state index in [4.69, 9.17) is 5.73 Å². The number of piperidine rings is 1. The van der Waals surface area contributed by atoms with Crippen LogP contribution < -0.4 is 5.73 Å². The number of amides is 1. The molecule has 24 heavy (non-hydrogen) atoms. The summed E-state index contributed by atoms with van der Waals surface area (Å²) >= 11 is 1.45. The number of nitrogens with zero attached hydrogens (tertiary/aromatic N) is 4. The topological polar surface area (TPSA) is 77.0 Å². The van der Waals surface area contributed by atoms with Gasteiger partial charge in [0, 0.05) is 37.8 Å². The zero-order chi connectivity index (χ0) is 15.5. The summed E-state index contributed by atoms with van der Waals surface area (Å²) < 4.78 is 1.95. The molecule has 0 bridgehead atoms. The third-order valence-corrected chi connectivity index (χ3v) is 5.05. The first-order chi connectivity index (χ1) is 10.7. The first-order valence-corrected chi connectivity index (χ1v) is 8.55. The van der Waals surface area contributed by atoms with Gasteiger partial charge in [-0.1, -0.05) is 0 Å². The smallest absolute Gasteiger partial charge is 0.273 e. The molecule has 0 aliphatic carbocycles. The highest BCUT2D eigenvalue weighted by molar-refractivity contribution is 7.09. The van der Waals surface area contributed by atoms with Crippen molar-refractivity contribution < 1.29 is 4.79 Å². The molecule has 3 rings (SSSR count). The SMILES string of the molecule is CCn1cc(C2CCN(C(=O)c3csc(CN)n3)CC2)cn1.Cl.Cl. The van der Waals surface area contributed by atoms with Gasteiger partial charge in [-0.2, -0.15) is 5.10 Å². The molecular weight excluding hydrogens is 369 g/mol. The van der Waals surface area contributed by atoms with Gasteiger partial charge in [-0.05, 0) is 31.2 Å². The Labute approximate surface area is 158 Å². The van der Waals surface area contributed by atoms with Crippen LogP contribution in [0.5, 0.6) is 0 Å². The van der Waals surface area contributed by atoms with E-state index in [1.807, 2.05) is 21.2 Å². The van der Waals surface area contributed by atoms with Gasteiger partial charge in [0.1, 0.15) is 10.7 Å². The fraction of sp³-hybridized carbons (Fsp3) is 0.533. The van der Waals surface area contributed by atoms with Crippen molar-refractivity contribution in [2.45, 2.75) is 38.8 Å². The zero-order valence-corrected chi connectivity index (χ0v) is 16.0. The standard InChI is InChI=1S/C15H21N5OS.2ClH/c1-2-20-9-12(8-17-20)11-3-5-19(6-4-11)15(21)13-10-22-14(7-16)18-13;;/h8-11H,2-7,16H2,1H3;2*1H. The molecule has 0 atom stereocenters. The molecule has 0 radical (unpaired) electrons. The first kappa shape index (κ1) is 20.9. The predicted octanol–water partition coefficient (Wildman–Crippen LogP) is 2.68. The Morgan fingerprint density at radius 1 is 1.38 bits per heavy atom. The van der Waals surface area contributed by atoms with Crippen molar-refractivity contribution >= 4 is 42.1 Å². The number of rotatable bonds is 4. The fourth-order valence-electron chi connectivity index (χ4n) is 2.84. The highest BCUT2D eigenvalue weighted by Crippen LogP contribution is 2.28. The van der Waals surface area contributed by atoms with Crippen molar-refractivity contribution in [3.63, 3.8) is 0 Å². The van der Waals surface area contributed by atoms with Gasteiger partial charge in [0.15, 0.2) is 0 Å². The van der Waals surface area contributed by atoms with E-state index in [1.165, 1.54) is 16.9 Å². The minimum absolute atomic E-state index is 0. The summed E-state index contributed by atoms with van der Waals surface area (Å²) in [7, 11) is 0. The van der Waals surface area contributed by atoms with E-state index in [9.17, 15) is 4.79 Å². The van der Waals surface area contributed by atoms with Crippen LogP contribution in [-0.2, 0) is 13.1 Å². The maximum atomic E-state index is 12.4. The molecule has 0 saturated carbocycles. The van der Waals surface area contributed by atoms with E-state index in [-0.39, 0.29) is 30.7 Å². The van der Waals surface area contributed by atoms with E-state index >= 15 is 0 Å². The van der Waals surface area contributed by atoms with Crippen LogP contribution in [0.15, 0.2) is 17.8 Å². The van der Waals surface area contributed by atoms with Gasteiger partial charge in [-0.25, -0.2) is 4.98 Å². The van der Waals surface area contributed by atoms with Gasteiger partial charge < -0.3 is 10.6 Å². The number of carbonyl (C=O) groups is 1. The van der Waals surface area contributed by atoms with Gasteiger partial charge in [-0.15, -0.1) is 36.2 Å². The number of halogens is 2. The Morgan fingerprint density at radius 3 is 2.62 bits per heavy atom. The number of carbonyl (C=O) groups excluding carboxylic acids is 1. The largest absolute Gasteiger partial charge is 0.337 e. The Morgan fingerprint density at radius 2 is 2.08 bits per heavy atom. The average molecular weight is 392 g/mol. The van der Waals surface area contributed by atoms with Gasteiger partial charge in [0.05, 0.1) is 6.20 Å². The van der Waals surface area contributed by atoms with Crippen LogP contribution >= 0.6 is 36.2 Å². The molecule has 2 aromatic heterocycles. The molecule has 0 aromatic carbocycles. The molecule has 9 heteroatoms. The number of thiazole rings is 1. The lowest BCUT2D eigenvalue weighted by Gasteiger charge is -2.31. The Balaban J connectivity index is 0.00000144. The van der Waals surface area contributed by atoms with E-state index in [0.29, 0.717) is 18.2 Å². The van der Waals surface area contributed by atoms with Crippen molar-refractivity contribution in [3.8, 4) is 0 Å². The molecule has 1 fully saturated rings. The van der Waals surface area contributed by atoms with Crippen LogP contribution in [0.25, 0.3) is 0 Å². The number of hydrogen-bond donors (Lipinski definition) is 1. The third-order valence-electron chi connectivity index (χ3n) is 4.18. The summed E-state index contributed by atoms with van der Waals surface area (Å²) in [4.78, 5) is 18.6. The van der Waals surface area contributed by atoms with Crippen molar-refractivity contribution in [2.75, 3.05) is 13.1 Å². The Kier molecular flexibility index (Phi) is 8.15. The van der Waals surface area contributed by atoms with Gasteiger partial charge >= 0.3 is 0 Å². The molecule has 134 valence electrons. The lowest BCUT2D eigenvalue weighted by atomic mass is 9.91. The summed E-state index contributed by atoms with van der Waals surface area (Å²) in [6.07, 6.45) is 6.04. The molecule has 3 heterocycles. The van der Waals surface area contributed by atoms with Crippen molar-refractivity contribution in [3.05, 3.63) is 34.0 Å². The molecule has 2 aromatic rings. The maximum absolute atomic E-state index is 12.4. The lowest BCUT2D eigenvalue weighted by Crippen LogP contribution is -2.38. The van der Waals surface area contributed by atoms with E-state index in [0.717, 1.165) is 37.5 Å². The van der Waals surface area contributed by atoms with E-state index in [1.54, 1.807) is 0 Å². The normalized spacial score (nSPS) is 14.8. The molecule has 0 unspecified atom stereocenters. The van der Waals surface area contributed by atoms with Crippen LogP contribution in [0.3, 0.4) is 0 Å². The second kappa shape index (κ2) is 9.36. The summed E-state index contributed by atoms with van der Waals surface area (Å²) in [6, 6.07) is 0. The molecule has 1 aliphatic heterocycles. The van der Waals surface area contributed by atoms with Gasteiger partial charge in [0.25, 0.3) is 5.91 Å². The molecular formula is C15H23Cl2N5OS. The summed E-state index contributed by atoms with van der Waals surface area (Å²) in [5, 5.41) is 6.96. The highest BCUT2D eigenvalue weighted by Gasteiger charge is 2.26. The fourth-order valence-corrected chi connectivity index (χ4v) is 3.49. The second-order valence-corrected chi connectivity index (χ2v) is 6.47. The maximum Gasteiger partial charge on any atom is 0.273 e. The number of likely N-dealkylation sites (tertiary alicyclic amines) is 1. The lowest BCUT2D eigenvalue weighted by molar-refractivity contribution is 0.0707. The minimum Gasteiger partial charge on any atom is -0.337 e. The van der Waals surface area contributed by atoms with Crippen LogP contribution in [0.4, 0.5) is 0 Å². The number of nitrogens with two attached hydrogens (primary N) is 1. The second-order valence-electron chi connectivity index (χ2n) is 5.53. The summed E-state index contributed by atoms with van der Waals surface area (Å²) in [5.74, 6) is 0.526. The number of aromatic nitrogens is 3. The molecule has 1 saturated heterocycles. The summed E-state index contributed by atoms with van der Waals surface area (Å²) in [6.45, 7) is 4.92. The third kappa shape index (κ3) is 4.47. The minimum atomic E-state index is 0. The van der Waals surface area contributed by atoms with E-state index < -0.39 is 0 Å². The quantitative estimate of drug-likeness (QED) is 0.868. The van der Waals surface area contributed by atoms with Crippen LogP contribution in [0.1, 0.15) is 46.7 Å².